The molecular weight excluding hydrogens is 272 g/mol. The SMILES string of the molecule is Cn1ccnc1C1CCN(Cc2nc(C(N)=O)no2)CC1. The summed E-state index contributed by atoms with van der Waals surface area (Å²) in [6, 6.07) is 0. The number of aromatic nitrogens is 4. The van der Waals surface area contributed by atoms with Crippen LogP contribution in [0.3, 0.4) is 0 Å². The molecule has 8 nitrogen and oxygen atoms in total. The third kappa shape index (κ3) is 2.94. The summed E-state index contributed by atoms with van der Waals surface area (Å²) in [7, 11) is 2.03. The lowest BCUT2D eigenvalue weighted by Crippen LogP contribution is -2.33. The van der Waals surface area contributed by atoms with Gasteiger partial charge in [0.2, 0.25) is 5.89 Å². The largest absolute Gasteiger partial charge is 0.363 e. The molecule has 0 spiro atoms. The second kappa shape index (κ2) is 5.65. The fraction of sp³-hybridized carbons (Fsp3) is 0.538. The lowest BCUT2D eigenvalue weighted by Gasteiger charge is -2.30. The zero-order valence-corrected chi connectivity index (χ0v) is 11.9. The zero-order valence-electron chi connectivity index (χ0n) is 11.9. The summed E-state index contributed by atoms with van der Waals surface area (Å²) in [5.74, 6) is 1.33. The Bertz CT molecular complexity index is 626. The number of hydrogen-bond acceptors (Lipinski definition) is 6. The van der Waals surface area contributed by atoms with Crippen molar-refractivity contribution in [2.24, 2.45) is 12.8 Å². The predicted molar refractivity (Wildman–Crippen MR) is 73.3 cm³/mol. The van der Waals surface area contributed by atoms with E-state index in [-0.39, 0.29) is 5.82 Å². The Kier molecular flexibility index (Phi) is 3.70. The number of nitrogens with two attached hydrogens (primary N) is 1. The summed E-state index contributed by atoms with van der Waals surface area (Å²) in [6.07, 6.45) is 5.90. The van der Waals surface area contributed by atoms with Crippen LogP contribution < -0.4 is 5.73 Å². The minimum Gasteiger partial charge on any atom is -0.363 e. The van der Waals surface area contributed by atoms with Crippen molar-refractivity contribution < 1.29 is 9.32 Å². The number of likely N-dealkylation sites (tertiary alicyclic amines) is 1. The van der Waals surface area contributed by atoms with Gasteiger partial charge in [-0.25, -0.2) is 4.98 Å². The van der Waals surface area contributed by atoms with E-state index in [1.165, 1.54) is 0 Å². The van der Waals surface area contributed by atoms with Crippen molar-refractivity contribution in [3.63, 3.8) is 0 Å². The number of rotatable bonds is 4. The van der Waals surface area contributed by atoms with Gasteiger partial charge in [-0.3, -0.25) is 9.69 Å². The monoisotopic (exact) mass is 290 g/mol. The number of imidazole rings is 1. The maximum atomic E-state index is 10.9. The molecule has 8 heteroatoms. The molecule has 0 saturated carbocycles. The molecular formula is C13H18N6O2. The maximum absolute atomic E-state index is 10.9. The van der Waals surface area contributed by atoms with Gasteiger partial charge in [0.05, 0.1) is 6.54 Å². The van der Waals surface area contributed by atoms with E-state index in [1.54, 1.807) is 0 Å². The number of carbonyl (C=O) groups excluding carboxylic acids is 1. The first-order valence-corrected chi connectivity index (χ1v) is 6.95. The minimum atomic E-state index is -0.668. The number of aryl methyl sites for hydroxylation is 1. The van der Waals surface area contributed by atoms with Gasteiger partial charge in [0.25, 0.3) is 11.7 Å². The van der Waals surface area contributed by atoms with Crippen molar-refractivity contribution in [1.29, 1.82) is 0 Å². The molecule has 0 unspecified atom stereocenters. The van der Waals surface area contributed by atoms with E-state index >= 15 is 0 Å². The number of primary amides is 1. The molecule has 112 valence electrons. The number of piperidine rings is 1. The Hall–Kier alpha value is -2.22. The van der Waals surface area contributed by atoms with Crippen molar-refractivity contribution in [1.82, 2.24) is 24.6 Å². The van der Waals surface area contributed by atoms with Crippen LogP contribution >= 0.6 is 0 Å². The Labute approximate surface area is 121 Å². The maximum Gasteiger partial charge on any atom is 0.290 e. The highest BCUT2D eigenvalue weighted by molar-refractivity contribution is 5.88. The van der Waals surface area contributed by atoms with Crippen molar-refractivity contribution in [3.05, 3.63) is 29.9 Å². The Morgan fingerprint density at radius 3 is 2.81 bits per heavy atom. The molecule has 0 bridgehead atoms. The van der Waals surface area contributed by atoms with Crippen LogP contribution in [0.1, 0.15) is 41.1 Å². The zero-order chi connectivity index (χ0) is 14.8. The van der Waals surface area contributed by atoms with Gasteiger partial charge in [0.1, 0.15) is 5.82 Å². The highest BCUT2D eigenvalue weighted by Gasteiger charge is 2.24. The third-order valence-electron chi connectivity index (χ3n) is 3.86. The van der Waals surface area contributed by atoms with Gasteiger partial charge in [-0.05, 0) is 25.9 Å². The summed E-state index contributed by atoms with van der Waals surface area (Å²) >= 11 is 0. The van der Waals surface area contributed by atoms with Crippen LogP contribution in [0.15, 0.2) is 16.9 Å². The van der Waals surface area contributed by atoms with Crippen LogP contribution in [-0.2, 0) is 13.6 Å². The minimum absolute atomic E-state index is 0.0621. The van der Waals surface area contributed by atoms with Crippen LogP contribution in [0, 0.1) is 0 Å². The van der Waals surface area contributed by atoms with E-state index in [4.69, 9.17) is 10.3 Å². The van der Waals surface area contributed by atoms with Gasteiger partial charge in [-0.1, -0.05) is 5.16 Å². The van der Waals surface area contributed by atoms with E-state index in [2.05, 4.69) is 24.6 Å². The molecule has 2 N–H and O–H groups in total. The van der Waals surface area contributed by atoms with Gasteiger partial charge in [0.15, 0.2) is 0 Å². The molecule has 0 aromatic carbocycles. The van der Waals surface area contributed by atoms with Crippen molar-refractivity contribution >= 4 is 5.91 Å². The van der Waals surface area contributed by atoms with E-state index < -0.39 is 5.91 Å². The second-order valence-corrected chi connectivity index (χ2v) is 5.32. The standard InChI is InChI=1S/C13H18N6O2/c1-18-7-4-15-13(18)9-2-5-19(6-3-9)8-10-16-12(11(14)20)17-21-10/h4,7,9H,2-3,5-6,8H2,1H3,(H2,14,20). The molecule has 1 fully saturated rings. The smallest absolute Gasteiger partial charge is 0.290 e. The van der Waals surface area contributed by atoms with E-state index in [0.29, 0.717) is 18.4 Å². The van der Waals surface area contributed by atoms with Crippen LogP contribution in [-0.4, -0.2) is 43.6 Å². The van der Waals surface area contributed by atoms with E-state index in [0.717, 1.165) is 31.8 Å². The quantitative estimate of drug-likeness (QED) is 0.867. The van der Waals surface area contributed by atoms with Crippen LogP contribution in [0.5, 0.6) is 0 Å². The average Bonchev–Trinajstić information content (AvgIpc) is 3.09. The summed E-state index contributed by atoms with van der Waals surface area (Å²) in [5.41, 5.74) is 5.10. The van der Waals surface area contributed by atoms with Gasteiger partial charge in [-0.15, -0.1) is 0 Å². The molecule has 21 heavy (non-hydrogen) atoms. The van der Waals surface area contributed by atoms with Crippen molar-refractivity contribution in [2.45, 2.75) is 25.3 Å². The lowest BCUT2D eigenvalue weighted by atomic mass is 9.96. The molecule has 1 aliphatic heterocycles. The first-order chi connectivity index (χ1) is 10.1. The molecule has 0 radical (unpaired) electrons. The molecule has 3 rings (SSSR count). The summed E-state index contributed by atoms with van der Waals surface area (Å²) in [4.78, 5) is 21.6. The Morgan fingerprint density at radius 2 is 2.24 bits per heavy atom. The molecule has 3 heterocycles. The Balaban J connectivity index is 1.56. The summed E-state index contributed by atoms with van der Waals surface area (Å²) in [6.45, 7) is 2.42. The fourth-order valence-electron chi connectivity index (χ4n) is 2.73. The normalized spacial score (nSPS) is 17.2. The first kappa shape index (κ1) is 13.7. The molecule has 0 atom stereocenters. The van der Waals surface area contributed by atoms with Crippen molar-refractivity contribution in [3.8, 4) is 0 Å². The lowest BCUT2D eigenvalue weighted by molar-refractivity contribution is 0.0987. The number of hydrogen-bond donors (Lipinski definition) is 1. The molecule has 1 saturated heterocycles. The van der Waals surface area contributed by atoms with Gasteiger partial charge < -0.3 is 14.8 Å². The molecule has 2 aromatic rings. The van der Waals surface area contributed by atoms with Gasteiger partial charge in [-0.2, -0.15) is 4.98 Å². The highest BCUT2D eigenvalue weighted by Crippen LogP contribution is 2.26. The van der Waals surface area contributed by atoms with Crippen LogP contribution in [0.25, 0.3) is 0 Å². The van der Waals surface area contributed by atoms with E-state index in [1.807, 2.05) is 19.4 Å². The van der Waals surface area contributed by atoms with E-state index in [9.17, 15) is 4.79 Å². The predicted octanol–water partition coefficient (Wildman–Crippen LogP) is 0.282. The van der Waals surface area contributed by atoms with Gasteiger partial charge in [0, 0.05) is 25.4 Å². The summed E-state index contributed by atoms with van der Waals surface area (Å²) < 4.78 is 7.11. The number of amides is 1. The topological polar surface area (TPSA) is 103 Å². The number of nitrogens with zero attached hydrogens (tertiary/aromatic N) is 5. The average molecular weight is 290 g/mol. The molecule has 1 amide bonds. The highest BCUT2D eigenvalue weighted by atomic mass is 16.5. The van der Waals surface area contributed by atoms with Crippen molar-refractivity contribution in [2.75, 3.05) is 13.1 Å². The number of carbonyl (C=O) groups is 1. The molecule has 1 aliphatic rings. The van der Waals surface area contributed by atoms with Gasteiger partial charge >= 0.3 is 0 Å². The second-order valence-electron chi connectivity index (χ2n) is 5.32. The third-order valence-corrected chi connectivity index (χ3v) is 3.86. The first-order valence-electron chi connectivity index (χ1n) is 6.95. The Morgan fingerprint density at radius 1 is 1.48 bits per heavy atom. The van der Waals surface area contributed by atoms with Crippen LogP contribution in [0.4, 0.5) is 0 Å². The summed E-state index contributed by atoms with van der Waals surface area (Å²) in [5, 5.41) is 3.55. The molecule has 2 aromatic heterocycles. The molecule has 0 aliphatic carbocycles. The van der Waals surface area contributed by atoms with Crippen LogP contribution in [0.2, 0.25) is 0 Å². The fourth-order valence-corrected chi connectivity index (χ4v) is 2.73.